The zero-order chi connectivity index (χ0) is 13.5. The first-order valence-corrected chi connectivity index (χ1v) is 7.85. The van der Waals surface area contributed by atoms with Crippen LogP contribution in [-0.2, 0) is 27.4 Å². The molecule has 1 saturated heterocycles. The molecule has 1 aromatic rings. The molecular weight excluding hydrogens is 278 g/mol. The molecule has 0 spiro atoms. The van der Waals surface area contributed by atoms with E-state index >= 15 is 0 Å². The second kappa shape index (κ2) is 4.55. The van der Waals surface area contributed by atoms with Crippen molar-refractivity contribution in [3.8, 4) is 0 Å². The number of carbonyl (C=O) groups is 1. The lowest BCUT2D eigenvalue weighted by molar-refractivity contribution is -0.128. The first-order valence-electron chi connectivity index (χ1n) is 5.48. The molecule has 0 radical (unpaired) electrons. The lowest BCUT2D eigenvalue weighted by Gasteiger charge is -2.15. The maximum atomic E-state index is 11.7. The van der Waals surface area contributed by atoms with Crippen LogP contribution in [0.3, 0.4) is 0 Å². The number of likely N-dealkylation sites (tertiary alicyclic amines) is 1. The standard InChI is InChI=1S/C10H14ClN3O3S/c1-7-3-8(13(2)12-7)5-14-6-9(4-10(14)15)18(11,16)17/h3,9H,4-6H2,1-2H3. The second-order valence-corrected chi connectivity index (χ2v) is 7.38. The molecule has 8 heteroatoms. The Morgan fingerprint density at radius 3 is 2.67 bits per heavy atom. The van der Waals surface area contributed by atoms with Crippen LogP contribution in [-0.4, -0.2) is 40.8 Å². The van der Waals surface area contributed by atoms with E-state index in [-0.39, 0.29) is 18.9 Å². The van der Waals surface area contributed by atoms with Gasteiger partial charge in [0.05, 0.1) is 17.9 Å². The Labute approximate surface area is 110 Å². The number of carbonyl (C=O) groups excluding carboxylic acids is 1. The van der Waals surface area contributed by atoms with Gasteiger partial charge in [0.25, 0.3) is 0 Å². The second-order valence-electron chi connectivity index (χ2n) is 4.48. The molecule has 1 atom stereocenters. The van der Waals surface area contributed by atoms with Crippen molar-refractivity contribution < 1.29 is 13.2 Å². The van der Waals surface area contributed by atoms with Crippen molar-refractivity contribution in [2.75, 3.05) is 6.54 Å². The van der Waals surface area contributed by atoms with E-state index in [1.807, 2.05) is 13.0 Å². The summed E-state index contributed by atoms with van der Waals surface area (Å²) in [6, 6.07) is 1.87. The zero-order valence-corrected chi connectivity index (χ0v) is 11.7. The molecule has 0 N–H and O–H groups in total. The fourth-order valence-electron chi connectivity index (χ4n) is 2.09. The molecule has 0 bridgehead atoms. The van der Waals surface area contributed by atoms with Gasteiger partial charge in [0.2, 0.25) is 15.0 Å². The Morgan fingerprint density at radius 1 is 1.56 bits per heavy atom. The Kier molecular flexibility index (Phi) is 3.37. The van der Waals surface area contributed by atoms with Gasteiger partial charge in [-0.25, -0.2) is 8.42 Å². The quantitative estimate of drug-likeness (QED) is 0.756. The largest absolute Gasteiger partial charge is 0.335 e. The number of rotatable bonds is 3. The van der Waals surface area contributed by atoms with Crippen molar-refractivity contribution >= 4 is 25.6 Å². The van der Waals surface area contributed by atoms with E-state index in [0.717, 1.165) is 11.4 Å². The van der Waals surface area contributed by atoms with E-state index < -0.39 is 14.3 Å². The predicted octanol–water partition coefficient (Wildman–Crippen LogP) is 0.398. The van der Waals surface area contributed by atoms with Gasteiger partial charge in [-0.05, 0) is 13.0 Å². The number of aromatic nitrogens is 2. The molecule has 1 aliphatic rings. The van der Waals surface area contributed by atoms with Crippen molar-refractivity contribution in [3.63, 3.8) is 0 Å². The average molecular weight is 292 g/mol. The minimum Gasteiger partial charge on any atom is -0.335 e. The molecule has 0 aliphatic carbocycles. The van der Waals surface area contributed by atoms with E-state index in [1.165, 1.54) is 4.90 Å². The van der Waals surface area contributed by atoms with Crippen LogP contribution in [0.15, 0.2) is 6.07 Å². The van der Waals surface area contributed by atoms with Crippen molar-refractivity contribution in [3.05, 3.63) is 17.5 Å². The Hall–Kier alpha value is -1.08. The van der Waals surface area contributed by atoms with Crippen LogP contribution < -0.4 is 0 Å². The Balaban J connectivity index is 2.12. The number of hydrogen-bond acceptors (Lipinski definition) is 4. The highest BCUT2D eigenvalue weighted by Crippen LogP contribution is 2.22. The normalized spacial score (nSPS) is 20.7. The lowest BCUT2D eigenvalue weighted by Crippen LogP contribution is -2.27. The summed E-state index contributed by atoms with van der Waals surface area (Å²) >= 11 is 0. The maximum absolute atomic E-state index is 11.7. The third kappa shape index (κ3) is 2.67. The Morgan fingerprint density at radius 2 is 2.22 bits per heavy atom. The van der Waals surface area contributed by atoms with Crippen molar-refractivity contribution in [2.24, 2.45) is 7.05 Å². The number of hydrogen-bond donors (Lipinski definition) is 0. The van der Waals surface area contributed by atoms with Crippen LogP contribution >= 0.6 is 10.7 Å². The van der Waals surface area contributed by atoms with E-state index in [0.29, 0.717) is 6.54 Å². The van der Waals surface area contributed by atoms with E-state index in [9.17, 15) is 13.2 Å². The van der Waals surface area contributed by atoms with Crippen LogP contribution in [0.1, 0.15) is 17.8 Å². The van der Waals surface area contributed by atoms with Crippen molar-refractivity contribution in [2.45, 2.75) is 25.1 Å². The molecule has 2 rings (SSSR count). The number of halogens is 1. The van der Waals surface area contributed by atoms with Gasteiger partial charge in [-0.1, -0.05) is 0 Å². The predicted molar refractivity (Wildman–Crippen MR) is 66.5 cm³/mol. The zero-order valence-electron chi connectivity index (χ0n) is 10.1. The summed E-state index contributed by atoms with van der Waals surface area (Å²) in [6.07, 6.45) is -0.0390. The number of amides is 1. The molecule has 100 valence electrons. The molecule has 1 fully saturated rings. The highest BCUT2D eigenvalue weighted by Gasteiger charge is 2.37. The van der Waals surface area contributed by atoms with Crippen molar-refractivity contribution in [1.29, 1.82) is 0 Å². The monoisotopic (exact) mass is 291 g/mol. The van der Waals surface area contributed by atoms with Gasteiger partial charge in [0, 0.05) is 30.7 Å². The van der Waals surface area contributed by atoms with Crippen LogP contribution in [0.5, 0.6) is 0 Å². The highest BCUT2D eigenvalue weighted by molar-refractivity contribution is 8.14. The molecule has 1 unspecified atom stereocenters. The Bertz CT molecular complexity index is 581. The van der Waals surface area contributed by atoms with Gasteiger partial charge >= 0.3 is 0 Å². The summed E-state index contributed by atoms with van der Waals surface area (Å²) < 4.78 is 24.1. The third-order valence-corrected chi connectivity index (χ3v) is 4.90. The molecule has 0 saturated carbocycles. The molecule has 1 aliphatic heterocycles. The van der Waals surface area contributed by atoms with Gasteiger partial charge in [0.1, 0.15) is 5.25 Å². The van der Waals surface area contributed by atoms with Crippen LogP contribution in [0, 0.1) is 6.92 Å². The average Bonchev–Trinajstić information content (AvgIpc) is 2.72. The van der Waals surface area contributed by atoms with E-state index in [2.05, 4.69) is 5.10 Å². The molecule has 1 aromatic heterocycles. The molecule has 6 nitrogen and oxygen atoms in total. The maximum Gasteiger partial charge on any atom is 0.237 e. The van der Waals surface area contributed by atoms with Gasteiger partial charge in [0.15, 0.2) is 0 Å². The SMILES string of the molecule is Cc1cc(CN2CC(S(=O)(=O)Cl)CC2=O)n(C)n1. The topological polar surface area (TPSA) is 72.3 Å². The van der Waals surface area contributed by atoms with Crippen LogP contribution in [0.25, 0.3) is 0 Å². The van der Waals surface area contributed by atoms with Crippen LogP contribution in [0.4, 0.5) is 0 Å². The summed E-state index contributed by atoms with van der Waals surface area (Å²) in [5.74, 6) is -0.192. The van der Waals surface area contributed by atoms with Gasteiger partial charge in [-0.15, -0.1) is 0 Å². The first kappa shape index (κ1) is 13.4. The minimum absolute atomic E-state index is 0.0390. The molecule has 1 amide bonds. The summed E-state index contributed by atoms with van der Waals surface area (Å²) in [6.45, 7) is 2.37. The molecule has 2 heterocycles. The van der Waals surface area contributed by atoms with Crippen molar-refractivity contribution in [1.82, 2.24) is 14.7 Å². The molecule has 18 heavy (non-hydrogen) atoms. The van der Waals surface area contributed by atoms with Gasteiger partial charge in [-0.3, -0.25) is 9.48 Å². The van der Waals surface area contributed by atoms with Gasteiger partial charge < -0.3 is 4.90 Å². The number of nitrogens with zero attached hydrogens (tertiary/aromatic N) is 3. The highest BCUT2D eigenvalue weighted by atomic mass is 35.7. The van der Waals surface area contributed by atoms with Gasteiger partial charge in [-0.2, -0.15) is 5.10 Å². The fourth-order valence-corrected chi connectivity index (χ4v) is 3.14. The van der Waals surface area contributed by atoms with Crippen LogP contribution in [0.2, 0.25) is 0 Å². The number of aryl methyl sites for hydroxylation is 2. The molecule has 0 aromatic carbocycles. The summed E-state index contributed by atoms with van der Waals surface area (Å²) in [4.78, 5) is 13.2. The fraction of sp³-hybridized carbons (Fsp3) is 0.600. The summed E-state index contributed by atoms with van der Waals surface area (Å²) in [7, 11) is 3.40. The molecular formula is C10H14ClN3O3S. The first-order chi connectivity index (χ1) is 8.27. The van der Waals surface area contributed by atoms with E-state index in [1.54, 1.807) is 11.7 Å². The lowest BCUT2D eigenvalue weighted by atomic mass is 10.3. The smallest absolute Gasteiger partial charge is 0.237 e. The summed E-state index contributed by atoms with van der Waals surface area (Å²) in [5, 5.41) is 3.38. The summed E-state index contributed by atoms with van der Waals surface area (Å²) in [5.41, 5.74) is 1.73. The minimum atomic E-state index is -3.68. The third-order valence-electron chi connectivity index (χ3n) is 3.03. The van der Waals surface area contributed by atoms with E-state index in [4.69, 9.17) is 10.7 Å².